The predicted molar refractivity (Wildman–Crippen MR) is 59.7 cm³/mol. The zero-order valence-electron chi connectivity index (χ0n) is 9.37. The summed E-state index contributed by atoms with van der Waals surface area (Å²) in [6.07, 6.45) is 0.0514. The Hall–Kier alpha value is -1.02. The van der Waals surface area contributed by atoms with Crippen LogP contribution in [0.1, 0.15) is 25.0 Å². The van der Waals surface area contributed by atoms with Gasteiger partial charge in [0.1, 0.15) is 11.9 Å². The molecule has 0 amide bonds. The normalized spacial score (nSPS) is 14.9. The lowest BCUT2D eigenvalue weighted by atomic mass is 10.1. The number of aryl methyl sites for hydroxylation is 2. The van der Waals surface area contributed by atoms with Crippen LogP contribution in [-0.2, 0) is 0 Å². The van der Waals surface area contributed by atoms with Gasteiger partial charge in [0.25, 0.3) is 0 Å². The van der Waals surface area contributed by atoms with Gasteiger partial charge >= 0.3 is 0 Å². The molecule has 0 radical (unpaired) electrons. The number of ether oxygens (including phenoxy) is 1. The smallest absolute Gasteiger partial charge is 0.122 e. The van der Waals surface area contributed by atoms with Gasteiger partial charge in [0.15, 0.2) is 0 Å². The summed E-state index contributed by atoms with van der Waals surface area (Å²) in [6, 6.07) is 6.25. The Balaban J connectivity index is 2.80. The SMILES string of the molecule is Cc1ccc(C)c(OC(C)C(C)N)c1. The molecule has 0 saturated heterocycles. The van der Waals surface area contributed by atoms with E-state index in [9.17, 15) is 0 Å². The molecular formula is C12H19NO. The molecule has 0 aliphatic rings. The van der Waals surface area contributed by atoms with Crippen LogP contribution < -0.4 is 10.5 Å². The van der Waals surface area contributed by atoms with Gasteiger partial charge < -0.3 is 10.5 Å². The van der Waals surface area contributed by atoms with Crippen molar-refractivity contribution in [3.8, 4) is 5.75 Å². The first-order valence-electron chi connectivity index (χ1n) is 5.00. The van der Waals surface area contributed by atoms with Gasteiger partial charge in [0.2, 0.25) is 0 Å². The maximum atomic E-state index is 5.76. The lowest BCUT2D eigenvalue weighted by molar-refractivity contribution is 0.195. The summed E-state index contributed by atoms with van der Waals surface area (Å²) in [5, 5.41) is 0. The fraction of sp³-hybridized carbons (Fsp3) is 0.500. The molecule has 2 nitrogen and oxygen atoms in total. The summed E-state index contributed by atoms with van der Waals surface area (Å²) in [6.45, 7) is 8.05. The molecule has 2 unspecified atom stereocenters. The fourth-order valence-electron chi connectivity index (χ4n) is 1.14. The summed E-state index contributed by atoms with van der Waals surface area (Å²) in [5.41, 5.74) is 8.11. The van der Waals surface area contributed by atoms with Crippen molar-refractivity contribution in [1.29, 1.82) is 0 Å². The maximum Gasteiger partial charge on any atom is 0.122 e. The van der Waals surface area contributed by atoms with Crippen molar-refractivity contribution < 1.29 is 4.74 Å². The van der Waals surface area contributed by atoms with E-state index in [2.05, 4.69) is 19.1 Å². The first kappa shape index (κ1) is 11.1. The van der Waals surface area contributed by atoms with Crippen molar-refractivity contribution in [3.63, 3.8) is 0 Å². The minimum absolute atomic E-state index is 0.0508. The second-order valence-corrected chi connectivity index (χ2v) is 3.95. The molecule has 1 aromatic rings. The average molecular weight is 193 g/mol. The maximum absolute atomic E-state index is 5.76. The van der Waals surface area contributed by atoms with Crippen molar-refractivity contribution in [2.24, 2.45) is 5.73 Å². The zero-order valence-corrected chi connectivity index (χ0v) is 9.37. The predicted octanol–water partition coefficient (Wildman–Crippen LogP) is 2.42. The quantitative estimate of drug-likeness (QED) is 0.800. The summed E-state index contributed by atoms with van der Waals surface area (Å²) >= 11 is 0. The van der Waals surface area contributed by atoms with Crippen LogP contribution in [0.4, 0.5) is 0 Å². The molecule has 2 N–H and O–H groups in total. The van der Waals surface area contributed by atoms with Gasteiger partial charge in [-0.25, -0.2) is 0 Å². The van der Waals surface area contributed by atoms with Crippen LogP contribution in [0.3, 0.4) is 0 Å². The second-order valence-electron chi connectivity index (χ2n) is 3.95. The van der Waals surface area contributed by atoms with E-state index < -0.39 is 0 Å². The van der Waals surface area contributed by atoms with Crippen LogP contribution in [-0.4, -0.2) is 12.1 Å². The van der Waals surface area contributed by atoms with Gasteiger partial charge in [-0.05, 0) is 44.9 Å². The lowest BCUT2D eigenvalue weighted by Crippen LogP contribution is -2.33. The Morgan fingerprint density at radius 3 is 2.43 bits per heavy atom. The molecule has 0 bridgehead atoms. The minimum Gasteiger partial charge on any atom is -0.489 e. The van der Waals surface area contributed by atoms with Crippen LogP contribution in [0.15, 0.2) is 18.2 Å². The molecule has 0 aliphatic heterocycles. The monoisotopic (exact) mass is 193 g/mol. The highest BCUT2D eigenvalue weighted by Gasteiger charge is 2.10. The number of benzene rings is 1. The van der Waals surface area contributed by atoms with Gasteiger partial charge in [-0.2, -0.15) is 0 Å². The van der Waals surface area contributed by atoms with Crippen LogP contribution in [0.5, 0.6) is 5.75 Å². The Morgan fingerprint density at radius 1 is 1.21 bits per heavy atom. The van der Waals surface area contributed by atoms with Crippen LogP contribution in [0.2, 0.25) is 0 Å². The van der Waals surface area contributed by atoms with Gasteiger partial charge in [0, 0.05) is 6.04 Å². The van der Waals surface area contributed by atoms with Crippen molar-refractivity contribution in [1.82, 2.24) is 0 Å². The summed E-state index contributed by atoms with van der Waals surface area (Å²) < 4.78 is 5.76. The van der Waals surface area contributed by atoms with Crippen molar-refractivity contribution in [2.45, 2.75) is 39.8 Å². The Kier molecular flexibility index (Phi) is 3.53. The third-order valence-corrected chi connectivity index (χ3v) is 2.40. The van der Waals surface area contributed by atoms with E-state index in [4.69, 9.17) is 10.5 Å². The summed E-state index contributed by atoms with van der Waals surface area (Å²) in [5.74, 6) is 0.940. The molecule has 1 rings (SSSR count). The topological polar surface area (TPSA) is 35.2 Å². The van der Waals surface area contributed by atoms with E-state index in [0.717, 1.165) is 11.3 Å². The Bertz CT molecular complexity index is 307. The highest BCUT2D eigenvalue weighted by molar-refractivity contribution is 5.36. The van der Waals surface area contributed by atoms with E-state index in [1.165, 1.54) is 5.56 Å². The van der Waals surface area contributed by atoms with Crippen molar-refractivity contribution in [3.05, 3.63) is 29.3 Å². The van der Waals surface area contributed by atoms with E-state index in [0.29, 0.717) is 0 Å². The van der Waals surface area contributed by atoms with E-state index in [1.54, 1.807) is 0 Å². The molecule has 14 heavy (non-hydrogen) atoms. The number of nitrogens with two attached hydrogens (primary N) is 1. The highest BCUT2D eigenvalue weighted by atomic mass is 16.5. The van der Waals surface area contributed by atoms with Crippen molar-refractivity contribution >= 4 is 0 Å². The second kappa shape index (κ2) is 4.47. The number of hydrogen-bond acceptors (Lipinski definition) is 2. The zero-order chi connectivity index (χ0) is 10.7. The summed E-state index contributed by atoms with van der Waals surface area (Å²) in [4.78, 5) is 0. The van der Waals surface area contributed by atoms with Crippen LogP contribution >= 0.6 is 0 Å². The number of rotatable bonds is 3. The lowest BCUT2D eigenvalue weighted by Gasteiger charge is -2.19. The standard InChI is InChI=1S/C12H19NO/c1-8-5-6-9(2)12(7-8)14-11(4)10(3)13/h5-7,10-11H,13H2,1-4H3. The molecule has 0 fully saturated rings. The fourth-order valence-corrected chi connectivity index (χ4v) is 1.14. The van der Waals surface area contributed by atoms with E-state index >= 15 is 0 Å². The minimum atomic E-state index is 0.0508. The van der Waals surface area contributed by atoms with Crippen LogP contribution in [0.25, 0.3) is 0 Å². The molecule has 2 atom stereocenters. The molecule has 0 heterocycles. The third kappa shape index (κ3) is 2.74. The van der Waals surface area contributed by atoms with Gasteiger partial charge in [0.05, 0.1) is 0 Å². The Labute approximate surface area is 86.1 Å². The molecule has 2 heteroatoms. The Morgan fingerprint density at radius 2 is 1.86 bits per heavy atom. The van der Waals surface area contributed by atoms with E-state index in [-0.39, 0.29) is 12.1 Å². The molecule has 0 saturated carbocycles. The van der Waals surface area contributed by atoms with Gasteiger partial charge in [-0.15, -0.1) is 0 Å². The molecule has 0 spiro atoms. The first-order chi connectivity index (χ1) is 6.50. The third-order valence-electron chi connectivity index (χ3n) is 2.40. The molecule has 0 aliphatic carbocycles. The highest BCUT2D eigenvalue weighted by Crippen LogP contribution is 2.20. The molecule has 78 valence electrons. The molecule has 0 aromatic heterocycles. The van der Waals surface area contributed by atoms with Crippen molar-refractivity contribution in [2.75, 3.05) is 0 Å². The molecular weight excluding hydrogens is 174 g/mol. The summed E-state index contributed by atoms with van der Waals surface area (Å²) in [7, 11) is 0. The van der Waals surface area contributed by atoms with Gasteiger partial charge in [-0.1, -0.05) is 12.1 Å². The first-order valence-corrected chi connectivity index (χ1v) is 5.00. The average Bonchev–Trinajstić information content (AvgIpc) is 2.11. The number of hydrogen-bond donors (Lipinski definition) is 1. The largest absolute Gasteiger partial charge is 0.489 e. The van der Waals surface area contributed by atoms with E-state index in [1.807, 2.05) is 26.8 Å². The molecule has 1 aromatic carbocycles. The van der Waals surface area contributed by atoms with Gasteiger partial charge in [-0.3, -0.25) is 0 Å². The van der Waals surface area contributed by atoms with Crippen LogP contribution in [0, 0.1) is 13.8 Å².